The zero-order valence-corrected chi connectivity index (χ0v) is 14.0. The van der Waals surface area contributed by atoms with Crippen LogP contribution >= 0.6 is 15.9 Å². The lowest BCUT2D eigenvalue weighted by Crippen LogP contribution is -2.24. The van der Waals surface area contributed by atoms with Crippen LogP contribution in [0.2, 0.25) is 0 Å². The largest absolute Gasteiger partial charge is 0.481 e. The highest BCUT2D eigenvalue weighted by Gasteiger charge is 2.17. The molecule has 2 rings (SSSR count). The van der Waals surface area contributed by atoms with Crippen molar-refractivity contribution in [1.82, 2.24) is 9.71 Å². The fraction of sp³-hybridized carbons (Fsp3) is 0.214. The third-order valence-electron chi connectivity index (χ3n) is 2.91. The minimum Gasteiger partial charge on any atom is -0.481 e. The Balaban J connectivity index is 2.19. The second-order valence-corrected chi connectivity index (χ2v) is 7.09. The van der Waals surface area contributed by atoms with Gasteiger partial charge in [0, 0.05) is 23.3 Å². The molecule has 21 heavy (non-hydrogen) atoms. The van der Waals surface area contributed by atoms with Gasteiger partial charge in [0.05, 0.1) is 12.0 Å². The molecule has 1 aromatic carbocycles. The van der Waals surface area contributed by atoms with Crippen LogP contribution in [0.1, 0.15) is 11.1 Å². The first-order valence-corrected chi connectivity index (χ1v) is 8.45. The molecule has 0 fully saturated rings. The summed E-state index contributed by atoms with van der Waals surface area (Å²) >= 11 is 3.29. The van der Waals surface area contributed by atoms with Gasteiger partial charge in [-0.2, -0.15) is 0 Å². The molecule has 0 aliphatic rings. The molecule has 1 N–H and O–H groups in total. The lowest BCUT2D eigenvalue weighted by Gasteiger charge is -2.10. The molecule has 0 amide bonds. The van der Waals surface area contributed by atoms with Gasteiger partial charge in [-0.25, -0.2) is 18.1 Å². The van der Waals surface area contributed by atoms with Crippen molar-refractivity contribution >= 4 is 26.0 Å². The molecule has 0 saturated heterocycles. The van der Waals surface area contributed by atoms with E-state index in [2.05, 4.69) is 25.6 Å². The van der Waals surface area contributed by atoms with Crippen molar-refractivity contribution in [2.45, 2.75) is 18.4 Å². The highest BCUT2D eigenvalue weighted by molar-refractivity contribution is 9.10. The van der Waals surface area contributed by atoms with Gasteiger partial charge in [0.2, 0.25) is 15.9 Å². The van der Waals surface area contributed by atoms with Crippen LogP contribution in [0.4, 0.5) is 0 Å². The lowest BCUT2D eigenvalue weighted by atomic mass is 10.2. The maximum absolute atomic E-state index is 12.4. The minimum absolute atomic E-state index is 0.174. The van der Waals surface area contributed by atoms with Crippen LogP contribution in [-0.2, 0) is 16.6 Å². The Morgan fingerprint density at radius 3 is 2.76 bits per heavy atom. The fourth-order valence-electron chi connectivity index (χ4n) is 1.79. The summed E-state index contributed by atoms with van der Waals surface area (Å²) in [7, 11) is -2.06. The Morgan fingerprint density at radius 2 is 2.05 bits per heavy atom. The standard InChI is InChI=1S/C14H15BrN2O3S/c1-10-3-4-12(15)8-13(10)21(18,19)17-9-11-5-6-16-14(7-11)20-2/h3-8,17H,9H2,1-2H3. The first-order valence-electron chi connectivity index (χ1n) is 6.17. The SMILES string of the molecule is COc1cc(CNS(=O)(=O)c2cc(Br)ccc2C)ccn1. The van der Waals surface area contributed by atoms with Gasteiger partial charge in [-0.1, -0.05) is 22.0 Å². The molecule has 0 aliphatic heterocycles. The molecule has 112 valence electrons. The number of ether oxygens (including phenoxy) is 1. The number of hydrogen-bond donors (Lipinski definition) is 1. The molecule has 0 bridgehead atoms. The van der Waals surface area contributed by atoms with Crippen LogP contribution in [0.3, 0.4) is 0 Å². The first kappa shape index (κ1) is 15.9. The van der Waals surface area contributed by atoms with E-state index in [4.69, 9.17) is 4.74 Å². The first-order chi connectivity index (χ1) is 9.92. The summed E-state index contributed by atoms with van der Waals surface area (Å²) in [6, 6.07) is 8.58. The molecule has 1 heterocycles. The van der Waals surface area contributed by atoms with Crippen LogP contribution in [0.15, 0.2) is 45.9 Å². The number of methoxy groups -OCH3 is 1. The average molecular weight is 371 g/mol. The Labute approximate surface area is 132 Å². The maximum Gasteiger partial charge on any atom is 0.241 e. The molecule has 7 heteroatoms. The normalized spacial score (nSPS) is 11.4. The smallest absolute Gasteiger partial charge is 0.241 e. The zero-order chi connectivity index (χ0) is 15.5. The monoisotopic (exact) mass is 370 g/mol. The number of aromatic nitrogens is 1. The van der Waals surface area contributed by atoms with E-state index in [1.165, 1.54) is 7.11 Å². The van der Waals surface area contributed by atoms with Crippen molar-refractivity contribution < 1.29 is 13.2 Å². The van der Waals surface area contributed by atoms with Crippen molar-refractivity contribution in [3.8, 4) is 5.88 Å². The Kier molecular flexibility index (Phi) is 4.97. The number of nitrogens with zero attached hydrogens (tertiary/aromatic N) is 1. The summed E-state index contributed by atoms with van der Waals surface area (Å²) in [5.41, 5.74) is 1.47. The van der Waals surface area contributed by atoms with Gasteiger partial charge in [0.1, 0.15) is 0 Å². The van der Waals surface area contributed by atoms with Crippen LogP contribution in [0, 0.1) is 6.92 Å². The summed E-state index contributed by atoms with van der Waals surface area (Å²) in [6.07, 6.45) is 1.58. The van der Waals surface area contributed by atoms with Crippen molar-refractivity contribution in [2.75, 3.05) is 7.11 Å². The summed E-state index contributed by atoms with van der Waals surface area (Å²) in [5.74, 6) is 0.449. The average Bonchev–Trinajstić information content (AvgIpc) is 2.48. The predicted octanol–water partition coefficient (Wildman–Crippen LogP) is 2.64. The van der Waals surface area contributed by atoms with E-state index < -0.39 is 10.0 Å². The molecule has 5 nitrogen and oxygen atoms in total. The number of halogens is 1. The quantitative estimate of drug-likeness (QED) is 0.878. The Hall–Kier alpha value is -1.44. The van der Waals surface area contributed by atoms with Crippen molar-refractivity contribution in [1.29, 1.82) is 0 Å². The van der Waals surface area contributed by atoms with Gasteiger partial charge in [-0.05, 0) is 36.2 Å². The minimum atomic E-state index is -3.57. The Bertz CT molecular complexity index is 748. The number of aryl methyl sites for hydroxylation is 1. The molecule has 0 radical (unpaired) electrons. The van der Waals surface area contributed by atoms with Crippen LogP contribution in [-0.4, -0.2) is 20.5 Å². The van der Waals surface area contributed by atoms with Crippen LogP contribution in [0.25, 0.3) is 0 Å². The number of pyridine rings is 1. The van der Waals surface area contributed by atoms with Gasteiger partial charge in [-0.15, -0.1) is 0 Å². The topological polar surface area (TPSA) is 68.3 Å². The highest BCUT2D eigenvalue weighted by atomic mass is 79.9. The van der Waals surface area contributed by atoms with Crippen molar-refractivity contribution in [3.63, 3.8) is 0 Å². The van der Waals surface area contributed by atoms with Crippen LogP contribution in [0.5, 0.6) is 5.88 Å². The molecule has 0 spiro atoms. The number of rotatable bonds is 5. The van der Waals surface area contributed by atoms with Gasteiger partial charge in [0.25, 0.3) is 0 Å². The van der Waals surface area contributed by atoms with E-state index in [0.29, 0.717) is 11.4 Å². The summed E-state index contributed by atoms with van der Waals surface area (Å²) < 4.78 is 33.0. The molecule has 2 aromatic rings. The van der Waals surface area contributed by atoms with Gasteiger partial charge < -0.3 is 4.74 Å². The summed E-state index contributed by atoms with van der Waals surface area (Å²) in [6.45, 7) is 1.93. The van der Waals surface area contributed by atoms with E-state index in [1.807, 2.05) is 6.07 Å². The van der Waals surface area contributed by atoms with Gasteiger partial charge in [-0.3, -0.25) is 0 Å². The van der Waals surface area contributed by atoms with E-state index in [1.54, 1.807) is 37.4 Å². The summed E-state index contributed by atoms with van der Waals surface area (Å²) in [5, 5.41) is 0. The van der Waals surface area contributed by atoms with E-state index >= 15 is 0 Å². The lowest BCUT2D eigenvalue weighted by molar-refractivity contribution is 0.397. The Morgan fingerprint density at radius 1 is 1.29 bits per heavy atom. The van der Waals surface area contributed by atoms with E-state index in [0.717, 1.165) is 10.0 Å². The number of nitrogens with one attached hydrogen (secondary N) is 1. The predicted molar refractivity (Wildman–Crippen MR) is 83.7 cm³/mol. The molecular weight excluding hydrogens is 356 g/mol. The fourth-order valence-corrected chi connectivity index (χ4v) is 3.59. The third-order valence-corrected chi connectivity index (χ3v) is 4.95. The number of benzene rings is 1. The third kappa shape index (κ3) is 4.03. The summed E-state index contributed by atoms with van der Waals surface area (Å²) in [4.78, 5) is 4.24. The van der Waals surface area contributed by atoms with E-state index in [9.17, 15) is 8.42 Å². The van der Waals surface area contributed by atoms with Gasteiger partial charge in [0.15, 0.2) is 0 Å². The molecule has 0 saturated carbocycles. The second-order valence-electron chi connectivity index (χ2n) is 4.44. The molecular formula is C14H15BrN2O3S. The molecule has 0 unspecified atom stereocenters. The zero-order valence-electron chi connectivity index (χ0n) is 11.6. The van der Waals surface area contributed by atoms with Crippen LogP contribution < -0.4 is 9.46 Å². The molecule has 0 aliphatic carbocycles. The maximum atomic E-state index is 12.4. The molecule has 0 atom stereocenters. The van der Waals surface area contributed by atoms with E-state index in [-0.39, 0.29) is 11.4 Å². The second kappa shape index (κ2) is 6.55. The highest BCUT2D eigenvalue weighted by Crippen LogP contribution is 2.20. The van der Waals surface area contributed by atoms with Gasteiger partial charge >= 0.3 is 0 Å². The number of sulfonamides is 1. The number of hydrogen-bond acceptors (Lipinski definition) is 4. The molecule has 1 aromatic heterocycles. The van der Waals surface area contributed by atoms with Crippen molar-refractivity contribution in [2.24, 2.45) is 0 Å². The van der Waals surface area contributed by atoms with Crippen molar-refractivity contribution in [3.05, 3.63) is 52.1 Å².